The number of benzene rings is 1. The summed E-state index contributed by atoms with van der Waals surface area (Å²) in [5.41, 5.74) is 2.65. The standard InChI is InChI=1S/C19H13N3O4S/c1-21(2)11-5-3-10(4-6-11)12-7-8-20-16-15(12)18(24)19-13(17(16)23)9-14(27-19)22(25)26/h3-9H,1-2H3. The van der Waals surface area contributed by atoms with Crippen molar-refractivity contribution in [3.63, 3.8) is 0 Å². The number of carbonyl (C=O) groups is 2. The van der Waals surface area contributed by atoms with E-state index in [0.29, 0.717) is 5.56 Å². The number of thiophene rings is 1. The zero-order valence-electron chi connectivity index (χ0n) is 14.4. The first kappa shape index (κ1) is 17.0. The van der Waals surface area contributed by atoms with Crippen LogP contribution in [0.3, 0.4) is 0 Å². The summed E-state index contributed by atoms with van der Waals surface area (Å²) in [6.45, 7) is 0. The van der Waals surface area contributed by atoms with Crippen LogP contribution in [-0.4, -0.2) is 35.6 Å². The highest BCUT2D eigenvalue weighted by Crippen LogP contribution is 2.39. The van der Waals surface area contributed by atoms with E-state index in [9.17, 15) is 19.7 Å². The van der Waals surface area contributed by atoms with Crippen molar-refractivity contribution in [2.45, 2.75) is 0 Å². The molecule has 0 bridgehead atoms. The molecule has 7 nitrogen and oxygen atoms in total. The average molecular weight is 379 g/mol. The van der Waals surface area contributed by atoms with Crippen molar-refractivity contribution in [3.8, 4) is 11.1 Å². The highest BCUT2D eigenvalue weighted by Gasteiger charge is 2.37. The Bertz CT molecular complexity index is 1120. The Balaban J connectivity index is 1.88. The predicted molar refractivity (Wildman–Crippen MR) is 102 cm³/mol. The van der Waals surface area contributed by atoms with Gasteiger partial charge in [-0.3, -0.25) is 24.7 Å². The van der Waals surface area contributed by atoms with Gasteiger partial charge in [-0.1, -0.05) is 23.5 Å². The second-order valence-electron chi connectivity index (χ2n) is 6.27. The molecule has 8 heteroatoms. The molecule has 0 radical (unpaired) electrons. The van der Waals surface area contributed by atoms with Gasteiger partial charge in [-0.15, -0.1) is 0 Å². The van der Waals surface area contributed by atoms with Gasteiger partial charge in [-0.25, -0.2) is 0 Å². The van der Waals surface area contributed by atoms with Crippen LogP contribution in [0.2, 0.25) is 0 Å². The van der Waals surface area contributed by atoms with E-state index in [1.54, 1.807) is 6.07 Å². The fourth-order valence-corrected chi connectivity index (χ4v) is 4.01. The Morgan fingerprint density at radius 3 is 2.37 bits per heavy atom. The number of pyridine rings is 1. The van der Waals surface area contributed by atoms with Crippen molar-refractivity contribution in [1.29, 1.82) is 0 Å². The van der Waals surface area contributed by atoms with E-state index in [1.807, 2.05) is 43.3 Å². The van der Waals surface area contributed by atoms with Crippen LogP contribution in [0.4, 0.5) is 10.7 Å². The predicted octanol–water partition coefficient (Wildman–Crippen LogP) is 3.56. The molecule has 0 fully saturated rings. The number of nitrogens with zero attached hydrogens (tertiary/aromatic N) is 3. The number of anilines is 1. The zero-order valence-corrected chi connectivity index (χ0v) is 15.2. The number of aromatic nitrogens is 1. The van der Waals surface area contributed by atoms with Crippen LogP contribution in [0.15, 0.2) is 42.6 Å². The van der Waals surface area contributed by atoms with Gasteiger partial charge in [0.05, 0.1) is 20.9 Å². The summed E-state index contributed by atoms with van der Waals surface area (Å²) < 4.78 is 0. The Labute approximate surface area is 158 Å². The monoisotopic (exact) mass is 379 g/mol. The number of nitro groups is 1. The zero-order chi connectivity index (χ0) is 19.3. The summed E-state index contributed by atoms with van der Waals surface area (Å²) in [4.78, 5) is 42.4. The lowest BCUT2D eigenvalue weighted by molar-refractivity contribution is -0.380. The fraction of sp³-hybridized carbons (Fsp3) is 0.105. The molecule has 134 valence electrons. The first-order valence-corrected chi connectivity index (χ1v) is 8.84. The highest BCUT2D eigenvalue weighted by atomic mass is 32.1. The second-order valence-corrected chi connectivity index (χ2v) is 7.30. The molecule has 2 aromatic heterocycles. The van der Waals surface area contributed by atoms with Gasteiger partial charge in [0.15, 0.2) is 0 Å². The third-order valence-electron chi connectivity index (χ3n) is 4.44. The largest absolute Gasteiger partial charge is 0.378 e. The number of hydrogen-bond acceptors (Lipinski definition) is 7. The minimum atomic E-state index is -0.595. The van der Waals surface area contributed by atoms with Gasteiger partial charge in [0.2, 0.25) is 11.6 Å². The summed E-state index contributed by atoms with van der Waals surface area (Å²) in [6.07, 6.45) is 1.48. The molecule has 0 spiro atoms. The molecule has 0 atom stereocenters. The van der Waals surface area contributed by atoms with Gasteiger partial charge < -0.3 is 4.90 Å². The molecule has 3 aromatic rings. The van der Waals surface area contributed by atoms with Crippen LogP contribution in [0.25, 0.3) is 11.1 Å². The van der Waals surface area contributed by atoms with Crippen molar-refractivity contribution in [3.05, 3.63) is 74.4 Å². The lowest BCUT2D eigenvalue weighted by Gasteiger charge is -2.17. The van der Waals surface area contributed by atoms with Crippen LogP contribution in [0.1, 0.15) is 31.3 Å². The van der Waals surface area contributed by atoms with E-state index in [2.05, 4.69) is 4.98 Å². The number of rotatable bonds is 3. The van der Waals surface area contributed by atoms with E-state index in [0.717, 1.165) is 28.7 Å². The fourth-order valence-electron chi connectivity index (χ4n) is 3.09. The van der Waals surface area contributed by atoms with Crippen LogP contribution in [-0.2, 0) is 0 Å². The molecule has 2 heterocycles. The van der Waals surface area contributed by atoms with Crippen LogP contribution < -0.4 is 4.90 Å². The third kappa shape index (κ3) is 2.61. The molecule has 0 aliphatic heterocycles. The first-order valence-electron chi connectivity index (χ1n) is 8.03. The van der Waals surface area contributed by atoms with Crippen LogP contribution >= 0.6 is 11.3 Å². The van der Waals surface area contributed by atoms with Crippen molar-refractivity contribution in [1.82, 2.24) is 4.98 Å². The maximum Gasteiger partial charge on any atom is 0.325 e. The van der Waals surface area contributed by atoms with Crippen molar-refractivity contribution < 1.29 is 14.5 Å². The van der Waals surface area contributed by atoms with Gasteiger partial charge >= 0.3 is 5.00 Å². The smallest absolute Gasteiger partial charge is 0.325 e. The normalized spacial score (nSPS) is 12.5. The van der Waals surface area contributed by atoms with Crippen molar-refractivity contribution >= 4 is 33.6 Å². The van der Waals surface area contributed by atoms with Crippen molar-refractivity contribution in [2.75, 3.05) is 19.0 Å². The molecule has 1 aromatic carbocycles. The lowest BCUT2D eigenvalue weighted by Crippen LogP contribution is -2.21. The van der Waals surface area contributed by atoms with Gasteiger partial charge in [-0.05, 0) is 29.3 Å². The van der Waals surface area contributed by atoms with Gasteiger partial charge in [0, 0.05) is 32.0 Å². The van der Waals surface area contributed by atoms with Gasteiger partial charge in [-0.2, -0.15) is 0 Å². The topological polar surface area (TPSA) is 93.4 Å². The number of hydrogen-bond donors (Lipinski definition) is 0. The summed E-state index contributed by atoms with van der Waals surface area (Å²) in [6, 6.07) is 10.4. The van der Waals surface area contributed by atoms with Crippen LogP contribution in [0, 0.1) is 10.1 Å². The summed E-state index contributed by atoms with van der Waals surface area (Å²) in [7, 11) is 3.85. The molecule has 0 N–H and O–H groups in total. The Hall–Kier alpha value is -3.39. The summed E-state index contributed by atoms with van der Waals surface area (Å²) in [5, 5.41) is 10.8. The molecule has 4 rings (SSSR count). The molecule has 1 aliphatic rings. The van der Waals surface area contributed by atoms with Crippen molar-refractivity contribution in [2.24, 2.45) is 0 Å². The number of carbonyl (C=O) groups excluding carboxylic acids is 2. The molecular formula is C19H13N3O4S. The van der Waals surface area contributed by atoms with Gasteiger partial charge in [0.1, 0.15) is 5.69 Å². The first-order chi connectivity index (χ1) is 12.9. The third-order valence-corrected chi connectivity index (χ3v) is 5.52. The molecule has 0 saturated heterocycles. The SMILES string of the molecule is CN(C)c1ccc(-c2ccnc3c2C(=O)c2sc([N+](=O)[O-])cc2C3=O)cc1. The minimum Gasteiger partial charge on any atom is -0.378 e. The maximum absolute atomic E-state index is 13.0. The van der Waals surface area contributed by atoms with E-state index >= 15 is 0 Å². The lowest BCUT2D eigenvalue weighted by atomic mass is 9.87. The van der Waals surface area contributed by atoms with E-state index in [1.165, 1.54) is 6.20 Å². The quantitative estimate of drug-likeness (QED) is 0.399. The van der Waals surface area contributed by atoms with Gasteiger partial charge in [0.25, 0.3) is 0 Å². The Morgan fingerprint density at radius 2 is 1.74 bits per heavy atom. The molecule has 27 heavy (non-hydrogen) atoms. The Morgan fingerprint density at radius 1 is 1.04 bits per heavy atom. The number of fused-ring (bicyclic) bond motifs is 2. The number of ketones is 2. The minimum absolute atomic E-state index is 0.0365. The second kappa shape index (κ2) is 6.10. The average Bonchev–Trinajstić information content (AvgIpc) is 3.12. The van der Waals surface area contributed by atoms with Crippen LogP contribution in [0.5, 0.6) is 0 Å². The summed E-state index contributed by atoms with van der Waals surface area (Å²) >= 11 is 0.725. The van der Waals surface area contributed by atoms with E-state index in [-0.39, 0.29) is 26.7 Å². The van der Waals surface area contributed by atoms with E-state index in [4.69, 9.17) is 0 Å². The Kier molecular flexibility index (Phi) is 3.85. The molecule has 0 unspecified atom stereocenters. The molecule has 1 aliphatic carbocycles. The molecule has 0 saturated carbocycles. The molecule has 0 amide bonds. The summed E-state index contributed by atoms with van der Waals surface area (Å²) in [5.74, 6) is -0.867. The highest BCUT2D eigenvalue weighted by molar-refractivity contribution is 7.18. The van der Waals surface area contributed by atoms with E-state index < -0.39 is 16.5 Å². The maximum atomic E-state index is 13.0. The molecular weight excluding hydrogens is 366 g/mol.